The summed E-state index contributed by atoms with van der Waals surface area (Å²) in [5.74, 6) is 1.08. The summed E-state index contributed by atoms with van der Waals surface area (Å²) in [6.45, 7) is 5.99. The van der Waals surface area contributed by atoms with E-state index in [9.17, 15) is 4.79 Å². The SMILES string of the molecule is CCCCCCCC/C=C\CCCCCCCC(=O)c1nc(C)c(C)o1. The maximum absolute atomic E-state index is 12.0. The molecule has 26 heavy (non-hydrogen) atoms. The number of oxazole rings is 1. The molecule has 1 rings (SSSR count). The van der Waals surface area contributed by atoms with Crippen LogP contribution in [0.4, 0.5) is 0 Å². The molecule has 1 aromatic heterocycles. The standard InChI is InChI=1S/C23H39NO2/c1-4-5-6-7-8-9-10-11-12-13-14-15-16-17-18-19-22(25)23-24-20(2)21(3)26-23/h11-12H,4-10,13-19H2,1-3H3/b12-11-. The zero-order chi connectivity index (χ0) is 19.0. The van der Waals surface area contributed by atoms with Crippen LogP contribution in [-0.4, -0.2) is 10.8 Å². The van der Waals surface area contributed by atoms with E-state index in [4.69, 9.17) is 4.42 Å². The molecule has 1 aromatic rings. The fourth-order valence-corrected chi connectivity index (χ4v) is 3.06. The summed E-state index contributed by atoms with van der Waals surface area (Å²) >= 11 is 0. The Bertz CT molecular complexity index is 497. The third-order valence-corrected chi connectivity index (χ3v) is 4.93. The van der Waals surface area contributed by atoms with Gasteiger partial charge in [0.25, 0.3) is 5.89 Å². The van der Waals surface area contributed by atoms with Crippen LogP contribution >= 0.6 is 0 Å². The lowest BCUT2D eigenvalue weighted by molar-refractivity contribution is 0.0944. The van der Waals surface area contributed by atoms with Gasteiger partial charge in [0, 0.05) is 6.42 Å². The van der Waals surface area contributed by atoms with Gasteiger partial charge >= 0.3 is 0 Å². The van der Waals surface area contributed by atoms with Gasteiger partial charge in [-0.2, -0.15) is 0 Å². The summed E-state index contributed by atoms with van der Waals surface area (Å²) in [6, 6.07) is 0. The molecule has 3 heteroatoms. The van der Waals surface area contributed by atoms with E-state index in [1.807, 2.05) is 13.8 Å². The van der Waals surface area contributed by atoms with Gasteiger partial charge in [-0.3, -0.25) is 4.79 Å². The lowest BCUT2D eigenvalue weighted by Gasteiger charge is -2.00. The van der Waals surface area contributed by atoms with Crippen molar-refractivity contribution in [3.8, 4) is 0 Å². The first kappa shape index (κ1) is 22.7. The largest absolute Gasteiger partial charge is 0.439 e. The van der Waals surface area contributed by atoms with Crippen molar-refractivity contribution in [2.75, 3.05) is 0 Å². The Balaban J connectivity index is 1.88. The summed E-state index contributed by atoms with van der Waals surface area (Å²) in [7, 11) is 0. The number of unbranched alkanes of at least 4 members (excludes halogenated alkanes) is 11. The highest BCUT2D eigenvalue weighted by Gasteiger charge is 2.13. The van der Waals surface area contributed by atoms with Crippen molar-refractivity contribution in [2.24, 2.45) is 0 Å². The molecule has 0 saturated carbocycles. The fourth-order valence-electron chi connectivity index (χ4n) is 3.06. The Kier molecular flexibility index (Phi) is 12.9. The van der Waals surface area contributed by atoms with Crippen LogP contribution in [-0.2, 0) is 0 Å². The Morgan fingerprint density at radius 2 is 1.38 bits per heavy atom. The van der Waals surface area contributed by atoms with E-state index in [2.05, 4.69) is 24.1 Å². The first-order valence-electron chi connectivity index (χ1n) is 10.8. The number of carbonyl (C=O) groups is 1. The molecule has 0 aromatic carbocycles. The molecule has 0 saturated heterocycles. The number of Topliss-reactive ketones (excluding diaryl/α,β-unsaturated/α-hetero) is 1. The molecule has 1 heterocycles. The second-order valence-corrected chi connectivity index (χ2v) is 7.42. The fraction of sp³-hybridized carbons (Fsp3) is 0.739. The molecule has 0 bridgehead atoms. The number of nitrogens with zero attached hydrogens (tertiary/aromatic N) is 1. The molecule has 0 amide bonds. The highest BCUT2D eigenvalue weighted by atomic mass is 16.4. The Labute approximate surface area is 160 Å². The quantitative estimate of drug-likeness (QED) is 0.174. The number of hydrogen-bond donors (Lipinski definition) is 0. The summed E-state index contributed by atoms with van der Waals surface area (Å²) in [4.78, 5) is 16.2. The summed E-state index contributed by atoms with van der Waals surface area (Å²) in [5.41, 5.74) is 0.817. The van der Waals surface area contributed by atoms with Crippen molar-refractivity contribution >= 4 is 5.78 Å². The maximum Gasteiger partial charge on any atom is 0.263 e. The zero-order valence-corrected chi connectivity index (χ0v) is 17.3. The average molecular weight is 362 g/mol. The molecule has 0 atom stereocenters. The second kappa shape index (κ2) is 14.8. The molecule has 0 fully saturated rings. The molecule has 0 aliphatic carbocycles. The van der Waals surface area contributed by atoms with Gasteiger partial charge in [-0.05, 0) is 46.0 Å². The molecule has 0 aliphatic rings. The van der Waals surface area contributed by atoms with Crippen LogP contribution in [0.3, 0.4) is 0 Å². The normalized spacial score (nSPS) is 11.5. The minimum Gasteiger partial charge on any atom is -0.439 e. The van der Waals surface area contributed by atoms with Crippen molar-refractivity contribution < 1.29 is 9.21 Å². The van der Waals surface area contributed by atoms with Crippen molar-refractivity contribution in [2.45, 2.75) is 111 Å². The maximum atomic E-state index is 12.0. The highest BCUT2D eigenvalue weighted by Crippen LogP contribution is 2.14. The van der Waals surface area contributed by atoms with Gasteiger partial charge in [-0.1, -0.05) is 70.4 Å². The minimum absolute atomic E-state index is 0.0406. The topological polar surface area (TPSA) is 43.1 Å². The molecule has 0 unspecified atom stereocenters. The highest BCUT2D eigenvalue weighted by molar-refractivity contribution is 5.91. The molecule has 0 spiro atoms. The minimum atomic E-state index is 0.0406. The Hall–Kier alpha value is -1.38. The van der Waals surface area contributed by atoms with Crippen molar-refractivity contribution in [1.29, 1.82) is 0 Å². The predicted octanol–water partition coefficient (Wildman–Crippen LogP) is 7.51. The molecular weight excluding hydrogens is 322 g/mol. The van der Waals surface area contributed by atoms with E-state index >= 15 is 0 Å². The number of rotatable bonds is 16. The molecule has 0 N–H and O–H groups in total. The van der Waals surface area contributed by atoms with Crippen LogP contribution in [0, 0.1) is 13.8 Å². The van der Waals surface area contributed by atoms with E-state index in [0.29, 0.717) is 6.42 Å². The zero-order valence-electron chi connectivity index (χ0n) is 17.3. The smallest absolute Gasteiger partial charge is 0.263 e. The average Bonchev–Trinajstić information content (AvgIpc) is 2.97. The lowest BCUT2D eigenvalue weighted by atomic mass is 10.1. The number of aromatic nitrogens is 1. The van der Waals surface area contributed by atoms with E-state index in [0.717, 1.165) is 24.3 Å². The Morgan fingerprint density at radius 3 is 1.92 bits per heavy atom. The summed E-state index contributed by atoms with van der Waals surface area (Å²) in [5, 5.41) is 0. The van der Waals surface area contributed by atoms with Gasteiger partial charge in [0.05, 0.1) is 5.69 Å². The van der Waals surface area contributed by atoms with Gasteiger partial charge in [0.1, 0.15) is 5.76 Å². The van der Waals surface area contributed by atoms with Crippen LogP contribution in [0.25, 0.3) is 0 Å². The molecular formula is C23H39NO2. The molecule has 3 nitrogen and oxygen atoms in total. The summed E-state index contributed by atoms with van der Waals surface area (Å²) < 4.78 is 5.38. The third-order valence-electron chi connectivity index (χ3n) is 4.93. The van der Waals surface area contributed by atoms with E-state index < -0.39 is 0 Å². The van der Waals surface area contributed by atoms with Gasteiger partial charge < -0.3 is 4.42 Å². The van der Waals surface area contributed by atoms with Crippen molar-refractivity contribution in [3.05, 3.63) is 29.5 Å². The first-order valence-corrected chi connectivity index (χ1v) is 10.8. The van der Waals surface area contributed by atoms with Gasteiger partial charge in [-0.15, -0.1) is 0 Å². The van der Waals surface area contributed by atoms with Crippen LogP contribution in [0.5, 0.6) is 0 Å². The molecule has 0 radical (unpaired) electrons. The number of allylic oxidation sites excluding steroid dienone is 2. The summed E-state index contributed by atoms with van der Waals surface area (Å²) in [6.07, 6.45) is 21.7. The van der Waals surface area contributed by atoms with E-state index in [1.165, 1.54) is 70.6 Å². The number of carbonyl (C=O) groups excluding carboxylic acids is 1. The van der Waals surface area contributed by atoms with Crippen molar-refractivity contribution in [1.82, 2.24) is 4.98 Å². The Morgan fingerprint density at radius 1 is 0.846 bits per heavy atom. The number of ketones is 1. The van der Waals surface area contributed by atoms with Crippen molar-refractivity contribution in [3.63, 3.8) is 0 Å². The van der Waals surface area contributed by atoms with Gasteiger partial charge in [0.15, 0.2) is 0 Å². The third kappa shape index (κ3) is 10.6. The van der Waals surface area contributed by atoms with Gasteiger partial charge in [-0.25, -0.2) is 4.98 Å². The number of aryl methyl sites for hydroxylation is 2. The van der Waals surface area contributed by atoms with Gasteiger partial charge in [0.2, 0.25) is 5.78 Å². The first-order chi connectivity index (χ1) is 12.6. The number of hydrogen-bond acceptors (Lipinski definition) is 3. The van der Waals surface area contributed by atoms with Crippen LogP contribution in [0.15, 0.2) is 16.6 Å². The molecule has 148 valence electrons. The predicted molar refractivity (Wildman–Crippen MR) is 110 cm³/mol. The van der Waals surface area contributed by atoms with Crippen LogP contribution < -0.4 is 0 Å². The monoisotopic (exact) mass is 361 g/mol. The second-order valence-electron chi connectivity index (χ2n) is 7.42. The van der Waals surface area contributed by atoms with E-state index in [1.54, 1.807) is 0 Å². The molecule has 0 aliphatic heterocycles. The van der Waals surface area contributed by atoms with Crippen LogP contribution in [0.1, 0.15) is 119 Å². The lowest BCUT2D eigenvalue weighted by Crippen LogP contribution is -1.99. The van der Waals surface area contributed by atoms with E-state index in [-0.39, 0.29) is 11.7 Å². The van der Waals surface area contributed by atoms with Crippen LogP contribution in [0.2, 0.25) is 0 Å².